The molecule has 2 heterocycles. The Morgan fingerprint density at radius 2 is 1.73 bits per heavy atom. The van der Waals surface area contributed by atoms with Crippen LogP contribution in [0.25, 0.3) is 11.3 Å². The van der Waals surface area contributed by atoms with Crippen LogP contribution >= 0.6 is 11.6 Å². The van der Waals surface area contributed by atoms with Crippen LogP contribution in [0.15, 0.2) is 53.2 Å². The molecule has 4 aromatic rings. The van der Waals surface area contributed by atoms with Gasteiger partial charge in [-0.2, -0.15) is 0 Å². The Balaban J connectivity index is 1.65. The van der Waals surface area contributed by atoms with Gasteiger partial charge >= 0.3 is 0 Å². The minimum absolute atomic E-state index is 0.329. The summed E-state index contributed by atoms with van der Waals surface area (Å²) in [5, 5.41) is 14.7. The van der Waals surface area contributed by atoms with Crippen molar-refractivity contribution in [3.05, 3.63) is 64.7 Å². The standard InChI is InChI=1S/C18H15ClN6O/c1-11-4-2-5-12(8-11)10-20-15-16(21-14-7-3-6-13(19)9-14)23-18-17(22-15)24-26-25-18/h2-9H,10H2,1H3,(H,20,22,24)(H,21,23,25). The van der Waals surface area contributed by atoms with Crippen molar-refractivity contribution in [2.45, 2.75) is 13.5 Å². The summed E-state index contributed by atoms with van der Waals surface area (Å²) in [7, 11) is 0. The van der Waals surface area contributed by atoms with Crippen LogP contribution in [0.5, 0.6) is 0 Å². The minimum atomic E-state index is 0.329. The minimum Gasteiger partial charge on any atom is -0.363 e. The van der Waals surface area contributed by atoms with Gasteiger partial charge in [0.2, 0.25) is 11.3 Å². The molecule has 2 aromatic carbocycles. The first-order valence-electron chi connectivity index (χ1n) is 8.00. The average Bonchev–Trinajstić information content (AvgIpc) is 3.07. The van der Waals surface area contributed by atoms with Crippen LogP contribution in [0.1, 0.15) is 11.1 Å². The van der Waals surface area contributed by atoms with Crippen LogP contribution in [0.2, 0.25) is 5.02 Å². The monoisotopic (exact) mass is 366 g/mol. The van der Waals surface area contributed by atoms with Gasteiger partial charge < -0.3 is 10.6 Å². The van der Waals surface area contributed by atoms with E-state index in [1.807, 2.05) is 24.3 Å². The Morgan fingerprint density at radius 3 is 2.50 bits per heavy atom. The molecule has 0 aliphatic heterocycles. The quantitative estimate of drug-likeness (QED) is 0.543. The largest absolute Gasteiger partial charge is 0.363 e. The Labute approximate surface area is 154 Å². The maximum absolute atomic E-state index is 6.06. The summed E-state index contributed by atoms with van der Waals surface area (Å²) in [6, 6.07) is 15.6. The van der Waals surface area contributed by atoms with Gasteiger partial charge in [0.25, 0.3) is 0 Å². The summed E-state index contributed by atoms with van der Waals surface area (Å²) in [6.45, 7) is 2.65. The molecule has 4 rings (SSSR count). The van der Waals surface area contributed by atoms with Crippen molar-refractivity contribution in [2.75, 3.05) is 10.6 Å². The molecule has 0 fully saturated rings. The maximum Gasteiger partial charge on any atom is 0.245 e. The van der Waals surface area contributed by atoms with E-state index >= 15 is 0 Å². The van der Waals surface area contributed by atoms with Crippen LogP contribution in [0.3, 0.4) is 0 Å². The molecule has 0 amide bonds. The van der Waals surface area contributed by atoms with Crippen LogP contribution in [0, 0.1) is 6.92 Å². The normalized spacial score (nSPS) is 10.8. The number of nitrogens with one attached hydrogen (secondary N) is 2. The summed E-state index contributed by atoms with van der Waals surface area (Å²) in [5.74, 6) is 1.07. The number of fused-ring (bicyclic) bond motifs is 1. The Bertz CT molecular complexity index is 1060. The number of hydrogen-bond donors (Lipinski definition) is 2. The molecule has 26 heavy (non-hydrogen) atoms. The van der Waals surface area contributed by atoms with Crippen LogP contribution in [-0.4, -0.2) is 20.3 Å². The average molecular weight is 367 g/mol. The zero-order valence-corrected chi connectivity index (χ0v) is 14.7. The van der Waals surface area contributed by atoms with E-state index in [9.17, 15) is 0 Å². The van der Waals surface area contributed by atoms with Crippen molar-refractivity contribution in [3.63, 3.8) is 0 Å². The van der Waals surface area contributed by atoms with Gasteiger partial charge in [0.1, 0.15) is 0 Å². The zero-order valence-electron chi connectivity index (χ0n) is 13.9. The molecule has 8 heteroatoms. The molecule has 0 spiro atoms. The highest BCUT2D eigenvalue weighted by Crippen LogP contribution is 2.25. The second-order valence-corrected chi connectivity index (χ2v) is 6.25. The summed E-state index contributed by atoms with van der Waals surface area (Å²) in [4.78, 5) is 8.90. The molecule has 0 unspecified atom stereocenters. The van der Waals surface area contributed by atoms with Crippen molar-refractivity contribution in [1.29, 1.82) is 0 Å². The highest BCUT2D eigenvalue weighted by atomic mass is 35.5. The van der Waals surface area contributed by atoms with E-state index < -0.39 is 0 Å². The van der Waals surface area contributed by atoms with E-state index in [1.54, 1.807) is 12.1 Å². The van der Waals surface area contributed by atoms with Crippen LogP contribution < -0.4 is 10.6 Å². The number of nitrogens with zero attached hydrogens (tertiary/aromatic N) is 4. The van der Waals surface area contributed by atoms with Gasteiger partial charge in [-0.25, -0.2) is 14.6 Å². The topological polar surface area (TPSA) is 88.8 Å². The lowest BCUT2D eigenvalue weighted by atomic mass is 10.1. The molecule has 0 aliphatic carbocycles. The van der Waals surface area contributed by atoms with Gasteiger partial charge in [-0.05, 0) is 41.0 Å². The van der Waals surface area contributed by atoms with Crippen molar-refractivity contribution in [3.8, 4) is 0 Å². The number of rotatable bonds is 5. The Hall–Kier alpha value is -3.19. The fourth-order valence-corrected chi connectivity index (χ4v) is 2.75. The third-order valence-electron chi connectivity index (χ3n) is 3.74. The van der Waals surface area contributed by atoms with Crippen molar-refractivity contribution < 1.29 is 4.63 Å². The fraction of sp³-hybridized carbons (Fsp3) is 0.111. The van der Waals surface area contributed by atoms with Crippen LogP contribution in [0.4, 0.5) is 17.3 Å². The van der Waals surface area contributed by atoms with E-state index in [0.29, 0.717) is 34.5 Å². The van der Waals surface area contributed by atoms with Gasteiger partial charge in [0, 0.05) is 17.3 Å². The van der Waals surface area contributed by atoms with Crippen molar-refractivity contribution in [1.82, 2.24) is 20.3 Å². The molecule has 0 atom stereocenters. The molecule has 7 nitrogen and oxygen atoms in total. The fourth-order valence-electron chi connectivity index (χ4n) is 2.56. The van der Waals surface area contributed by atoms with Gasteiger partial charge in [-0.1, -0.05) is 47.5 Å². The third kappa shape index (κ3) is 3.57. The van der Waals surface area contributed by atoms with E-state index in [2.05, 4.69) is 50.0 Å². The molecule has 2 aromatic heterocycles. The van der Waals surface area contributed by atoms with E-state index in [0.717, 1.165) is 11.3 Å². The molecule has 0 saturated heterocycles. The lowest BCUT2D eigenvalue weighted by Crippen LogP contribution is -2.07. The molecule has 2 N–H and O–H groups in total. The number of benzene rings is 2. The van der Waals surface area contributed by atoms with Gasteiger partial charge in [-0.3, -0.25) is 0 Å². The highest BCUT2D eigenvalue weighted by molar-refractivity contribution is 6.30. The van der Waals surface area contributed by atoms with Crippen LogP contribution in [-0.2, 0) is 6.54 Å². The van der Waals surface area contributed by atoms with E-state index in [4.69, 9.17) is 16.2 Å². The van der Waals surface area contributed by atoms with E-state index in [1.165, 1.54) is 5.56 Å². The summed E-state index contributed by atoms with van der Waals surface area (Å²) in [6.07, 6.45) is 0. The third-order valence-corrected chi connectivity index (χ3v) is 3.98. The first-order chi connectivity index (χ1) is 12.7. The predicted octanol–water partition coefficient (Wildman–Crippen LogP) is 4.33. The lowest BCUT2D eigenvalue weighted by Gasteiger charge is -2.12. The predicted molar refractivity (Wildman–Crippen MR) is 101 cm³/mol. The molecule has 0 saturated carbocycles. The first-order valence-corrected chi connectivity index (χ1v) is 8.37. The first kappa shape index (κ1) is 16.3. The number of aryl methyl sites for hydroxylation is 1. The molecule has 0 aliphatic rings. The molecular weight excluding hydrogens is 352 g/mol. The SMILES string of the molecule is Cc1cccc(CNc2nc3nonc3nc2Nc2cccc(Cl)c2)c1. The number of hydrogen-bond acceptors (Lipinski definition) is 7. The van der Waals surface area contributed by atoms with Crippen molar-refractivity contribution >= 4 is 40.2 Å². The number of halogens is 1. The maximum atomic E-state index is 6.06. The molecular formula is C18H15ClN6O. The van der Waals surface area contributed by atoms with Crippen molar-refractivity contribution in [2.24, 2.45) is 0 Å². The number of anilines is 3. The zero-order chi connectivity index (χ0) is 17.9. The molecule has 0 bridgehead atoms. The molecule has 0 radical (unpaired) electrons. The molecule has 130 valence electrons. The van der Waals surface area contributed by atoms with Gasteiger partial charge in [0.05, 0.1) is 0 Å². The summed E-state index contributed by atoms with van der Waals surface area (Å²) in [5.41, 5.74) is 3.80. The number of aromatic nitrogens is 4. The highest BCUT2D eigenvalue weighted by Gasteiger charge is 2.13. The second kappa shape index (κ2) is 6.97. The smallest absolute Gasteiger partial charge is 0.245 e. The lowest BCUT2D eigenvalue weighted by molar-refractivity contribution is 0.314. The van der Waals surface area contributed by atoms with Gasteiger partial charge in [-0.15, -0.1) is 0 Å². The Kier molecular flexibility index (Phi) is 4.37. The second-order valence-electron chi connectivity index (χ2n) is 5.81. The Morgan fingerprint density at radius 1 is 0.962 bits per heavy atom. The van der Waals surface area contributed by atoms with Gasteiger partial charge in [0.15, 0.2) is 11.6 Å². The summed E-state index contributed by atoms with van der Waals surface area (Å²) >= 11 is 6.06. The van der Waals surface area contributed by atoms with E-state index in [-0.39, 0.29) is 0 Å². The summed E-state index contributed by atoms with van der Waals surface area (Å²) < 4.78 is 4.72.